The number of hydrogen-bond donors (Lipinski definition) is 2. The Kier molecular flexibility index (Phi) is 8.36. The molecule has 4 aromatic carbocycles. The predicted octanol–water partition coefficient (Wildman–Crippen LogP) is 8.33. The van der Waals surface area contributed by atoms with Gasteiger partial charge in [-0.1, -0.05) is 60.1 Å². The average Bonchev–Trinajstić information content (AvgIpc) is 3.41. The van der Waals surface area contributed by atoms with Crippen molar-refractivity contribution in [3.63, 3.8) is 0 Å². The summed E-state index contributed by atoms with van der Waals surface area (Å²) >= 11 is 9.03. The van der Waals surface area contributed by atoms with Crippen molar-refractivity contribution in [3.05, 3.63) is 130 Å². The van der Waals surface area contributed by atoms with Crippen LogP contribution in [0.4, 0.5) is 15.2 Å². The summed E-state index contributed by atoms with van der Waals surface area (Å²) in [7, 11) is 0. The summed E-state index contributed by atoms with van der Waals surface area (Å²) in [6.45, 7) is 0. The molecule has 9 heteroatoms. The quantitative estimate of drug-likeness (QED) is 0.183. The molecule has 194 valence electrons. The van der Waals surface area contributed by atoms with Crippen molar-refractivity contribution in [1.82, 2.24) is 4.98 Å². The lowest BCUT2D eigenvalue weighted by molar-refractivity contribution is -0.115. The highest BCUT2D eigenvalue weighted by atomic mass is 35.5. The van der Waals surface area contributed by atoms with Crippen molar-refractivity contribution >= 4 is 57.3 Å². The van der Waals surface area contributed by atoms with E-state index in [4.69, 9.17) is 11.6 Å². The Morgan fingerprint density at radius 1 is 0.846 bits per heavy atom. The molecule has 0 spiro atoms. The van der Waals surface area contributed by atoms with Crippen molar-refractivity contribution in [2.45, 2.75) is 10.1 Å². The summed E-state index contributed by atoms with van der Waals surface area (Å²) in [5.74, 6) is -0.947. The van der Waals surface area contributed by atoms with Crippen molar-refractivity contribution in [3.8, 4) is 11.3 Å². The number of nitrogens with one attached hydrogen (secondary N) is 2. The second kappa shape index (κ2) is 12.3. The van der Waals surface area contributed by atoms with Crippen molar-refractivity contribution in [2.24, 2.45) is 0 Å². The molecule has 1 atom stereocenters. The second-order valence-electron chi connectivity index (χ2n) is 8.40. The minimum Gasteiger partial charge on any atom is -0.322 e. The van der Waals surface area contributed by atoms with Gasteiger partial charge in [0.05, 0.1) is 5.69 Å². The largest absolute Gasteiger partial charge is 0.322 e. The maximum absolute atomic E-state index is 13.4. The van der Waals surface area contributed by atoms with Gasteiger partial charge in [-0.05, 0) is 60.2 Å². The highest BCUT2D eigenvalue weighted by Gasteiger charge is 2.23. The second-order valence-corrected chi connectivity index (χ2v) is 10.8. The Bertz CT molecular complexity index is 1590. The van der Waals surface area contributed by atoms with E-state index in [1.165, 1.54) is 47.4 Å². The summed E-state index contributed by atoms with van der Waals surface area (Å²) < 4.78 is 13.1. The number of rotatable bonds is 8. The molecule has 0 saturated carbocycles. The molecule has 1 aromatic heterocycles. The molecule has 0 bridgehead atoms. The highest BCUT2D eigenvalue weighted by Crippen LogP contribution is 2.37. The van der Waals surface area contributed by atoms with Gasteiger partial charge in [-0.15, -0.1) is 23.1 Å². The number of aromatic nitrogens is 1. The molecule has 0 saturated heterocycles. The lowest BCUT2D eigenvalue weighted by atomic mass is 10.1. The number of nitrogens with zero attached hydrogens (tertiary/aromatic N) is 1. The topological polar surface area (TPSA) is 71.1 Å². The molecule has 2 N–H and O–H groups in total. The first-order valence-electron chi connectivity index (χ1n) is 11.9. The number of thiazole rings is 1. The molecule has 0 aliphatic rings. The number of anilines is 2. The van der Waals surface area contributed by atoms with Crippen molar-refractivity contribution < 1.29 is 14.0 Å². The Balaban J connectivity index is 1.30. The fourth-order valence-electron chi connectivity index (χ4n) is 3.75. The summed E-state index contributed by atoms with van der Waals surface area (Å²) in [4.78, 5) is 31.3. The number of amides is 2. The van der Waals surface area contributed by atoms with Crippen LogP contribution in [0.15, 0.2) is 113 Å². The van der Waals surface area contributed by atoms with Crippen LogP contribution in [0.25, 0.3) is 11.3 Å². The van der Waals surface area contributed by atoms with Gasteiger partial charge in [-0.25, -0.2) is 9.37 Å². The van der Waals surface area contributed by atoms with Gasteiger partial charge in [0.15, 0.2) is 5.13 Å². The van der Waals surface area contributed by atoms with Crippen LogP contribution in [0.5, 0.6) is 0 Å². The van der Waals surface area contributed by atoms with Gasteiger partial charge in [-0.2, -0.15) is 0 Å². The standard InChI is InChI=1S/C30H21ClFN3O2S2/c31-25-9-5-4-8-24(25)26-18-38-30(34-26)35-29(37)27(19-6-2-1-3-7-19)39-23-16-14-22(15-17-23)33-28(36)20-10-12-21(32)13-11-20/h1-18,27H,(H,33,36)(H,34,35,37). The van der Waals surface area contributed by atoms with Gasteiger partial charge in [-0.3, -0.25) is 9.59 Å². The van der Waals surface area contributed by atoms with Gasteiger partial charge >= 0.3 is 0 Å². The first-order valence-corrected chi connectivity index (χ1v) is 14.0. The Morgan fingerprint density at radius 2 is 1.54 bits per heavy atom. The van der Waals surface area contributed by atoms with Gasteiger partial charge in [0.1, 0.15) is 11.1 Å². The molecule has 1 heterocycles. The van der Waals surface area contributed by atoms with Crippen LogP contribution in [0.1, 0.15) is 21.2 Å². The van der Waals surface area contributed by atoms with E-state index in [1.54, 1.807) is 18.2 Å². The van der Waals surface area contributed by atoms with Crippen LogP contribution in [0.2, 0.25) is 5.02 Å². The number of benzene rings is 4. The Morgan fingerprint density at radius 3 is 2.26 bits per heavy atom. The van der Waals surface area contributed by atoms with Crippen LogP contribution >= 0.6 is 34.7 Å². The lowest BCUT2D eigenvalue weighted by Gasteiger charge is -2.16. The molecule has 39 heavy (non-hydrogen) atoms. The third kappa shape index (κ3) is 6.72. The fraction of sp³-hybridized carbons (Fsp3) is 0.0333. The Hall–Kier alpha value is -3.98. The van der Waals surface area contributed by atoms with Crippen LogP contribution < -0.4 is 10.6 Å². The predicted molar refractivity (Wildman–Crippen MR) is 157 cm³/mol. The summed E-state index contributed by atoms with van der Waals surface area (Å²) in [5, 5.41) is 8.14. The molecular weight excluding hydrogens is 553 g/mol. The minimum absolute atomic E-state index is 0.208. The van der Waals surface area contributed by atoms with Crippen LogP contribution in [-0.4, -0.2) is 16.8 Å². The van der Waals surface area contributed by atoms with Crippen molar-refractivity contribution in [2.75, 3.05) is 10.6 Å². The first-order chi connectivity index (χ1) is 19.0. The zero-order valence-corrected chi connectivity index (χ0v) is 22.7. The molecule has 1 unspecified atom stereocenters. The third-order valence-electron chi connectivity index (χ3n) is 5.70. The normalized spacial score (nSPS) is 11.5. The van der Waals surface area contributed by atoms with E-state index in [1.807, 2.05) is 66.0 Å². The average molecular weight is 574 g/mol. The summed E-state index contributed by atoms with van der Waals surface area (Å²) in [6, 6.07) is 29.5. The van der Waals surface area contributed by atoms with Crippen LogP contribution in [0, 0.1) is 5.82 Å². The van der Waals surface area contributed by atoms with E-state index in [0.29, 0.717) is 27.1 Å². The lowest BCUT2D eigenvalue weighted by Crippen LogP contribution is -2.19. The minimum atomic E-state index is -0.543. The van der Waals surface area contributed by atoms with Crippen molar-refractivity contribution in [1.29, 1.82) is 0 Å². The first kappa shape index (κ1) is 26.6. The zero-order chi connectivity index (χ0) is 27.2. The monoisotopic (exact) mass is 573 g/mol. The number of carbonyl (C=O) groups is 2. The van der Waals surface area contributed by atoms with Gasteiger partial charge in [0.25, 0.3) is 5.91 Å². The molecular formula is C30H21ClFN3O2S2. The Labute approximate surface area is 238 Å². The number of hydrogen-bond acceptors (Lipinski definition) is 5. The number of thioether (sulfide) groups is 1. The van der Waals surface area contributed by atoms with Crippen LogP contribution in [-0.2, 0) is 4.79 Å². The van der Waals surface area contributed by atoms with Gasteiger partial charge in [0, 0.05) is 32.1 Å². The molecule has 2 amide bonds. The molecule has 5 nitrogen and oxygen atoms in total. The highest BCUT2D eigenvalue weighted by molar-refractivity contribution is 8.00. The molecule has 0 fully saturated rings. The number of carbonyl (C=O) groups excluding carboxylic acids is 2. The molecule has 5 rings (SSSR count). The van der Waals surface area contributed by atoms with E-state index in [0.717, 1.165) is 16.0 Å². The van der Waals surface area contributed by atoms with E-state index < -0.39 is 11.1 Å². The fourth-order valence-corrected chi connectivity index (χ4v) is 5.72. The van der Waals surface area contributed by atoms with Crippen LogP contribution in [0.3, 0.4) is 0 Å². The van der Waals surface area contributed by atoms with E-state index >= 15 is 0 Å². The summed E-state index contributed by atoms with van der Waals surface area (Å²) in [6.07, 6.45) is 0. The van der Waals surface area contributed by atoms with Gasteiger partial charge < -0.3 is 10.6 Å². The van der Waals surface area contributed by atoms with E-state index in [2.05, 4.69) is 15.6 Å². The van der Waals surface area contributed by atoms with Gasteiger partial charge in [0.2, 0.25) is 5.91 Å². The maximum Gasteiger partial charge on any atom is 0.255 e. The molecule has 0 radical (unpaired) electrons. The zero-order valence-electron chi connectivity index (χ0n) is 20.3. The smallest absolute Gasteiger partial charge is 0.255 e. The summed E-state index contributed by atoms with van der Waals surface area (Å²) in [5.41, 5.74) is 3.29. The third-order valence-corrected chi connectivity index (χ3v) is 8.05. The molecule has 0 aliphatic heterocycles. The van der Waals surface area contributed by atoms with E-state index in [-0.39, 0.29) is 11.8 Å². The van der Waals surface area contributed by atoms with E-state index in [9.17, 15) is 14.0 Å². The molecule has 5 aromatic rings. The SMILES string of the molecule is O=C(Nc1ccc(SC(C(=O)Nc2nc(-c3ccccc3Cl)cs2)c2ccccc2)cc1)c1ccc(F)cc1. The number of halogens is 2. The maximum atomic E-state index is 13.4. The molecule has 0 aliphatic carbocycles.